The van der Waals surface area contributed by atoms with E-state index in [4.69, 9.17) is 9.47 Å². The van der Waals surface area contributed by atoms with Crippen molar-refractivity contribution in [2.45, 2.75) is 20.1 Å². The number of carbonyl (C=O) groups excluding carboxylic acids is 1. The van der Waals surface area contributed by atoms with E-state index >= 15 is 0 Å². The summed E-state index contributed by atoms with van der Waals surface area (Å²) in [5, 5.41) is 7.25. The van der Waals surface area contributed by atoms with Crippen LogP contribution in [0.1, 0.15) is 27.2 Å². The second kappa shape index (κ2) is 8.60. The number of pyridine rings is 1. The average Bonchev–Trinajstić information content (AvgIpc) is 3.12. The molecule has 0 atom stereocenters. The van der Waals surface area contributed by atoms with Crippen LogP contribution in [0.15, 0.2) is 61.2 Å². The molecule has 4 aromatic rings. The molecule has 1 aromatic carbocycles. The monoisotopic (exact) mass is 403 g/mol. The number of rotatable bonds is 7. The van der Waals surface area contributed by atoms with E-state index in [-0.39, 0.29) is 5.91 Å². The van der Waals surface area contributed by atoms with E-state index in [0.717, 1.165) is 11.1 Å². The van der Waals surface area contributed by atoms with Crippen molar-refractivity contribution in [2.24, 2.45) is 0 Å². The molecular formula is C22H21N5O3. The molecule has 0 unspecified atom stereocenters. The van der Waals surface area contributed by atoms with Gasteiger partial charge in [0.05, 0.1) is 12.8 Å². The van der Waals surface area contributed by atoms with Crippen LogP contribution in [0, 0.1) is 6.92 Å². The number of amides is 1. The van der Waals surface area contributed by atoms with Crippen molar-refractivity contribution < 1.29 is 14.3 Å². The third-order valence-electron chi connectivity index (χ3n) is 4.62. The lowest BCUT2D eigenvalue weighted by molar-refractivity contribution is 0.0951. The summed E-state index contributed by atoms with van der Waals surface area (Å²) in [7, 11) is 1.59. The van der Waals surface area contributed by atoms with Gasteiger partial charge in [-0.2, -0.15) is 5.10 Å². The number of hydrogen-bond donors (Lipinski definition) is 1. The van der Waals surface area contributed by atoms with E-state index in [1.54, 1.807) is 49.4 Å². The van der Waals surface area contributed by atoms with Crippen LogP contribution in [0.4, 0.5) is 0 Å². The summed E-state index contributed by atoms with van der Waals surface area (Å²) in [6.07, 6.45) is 6.86. The van der Waals surface area contributed by atoms with Gasteiger partial charge in [-0.1, -0.05) is 6.07 Å². The van der Waals surface area contributed by atoms with Gasteiger partial charge in [-0.15, -0.1) is 0 Å². The van der Waals surface area contributed by atoms with Crippen LogP contribution in [0.25, 0.3) is 5.65 Å². The van der Waals surface area contributed by atoms with Gasteiger partial charge >= 0.3 is 0 Å². The number of nitrogens with zero attached hydrogens (tertiary/aromatic N) is 4. The van der Waals surface area contributed by atoms with Crippen molar-refractivity contribution in [3.8, 4) is 11.5 Å². The summed E-state index contributed by atoms with van der Waals surface area (Å²) in [5.74, 6) is 1.01. The van der Waals surface area contributed by atoms with Crippen LogP contribution in [-0.4, -0.2) is 32.6 Å². The van der Waals surface area contributed by atoms with Gasteiger partial charge in [0.1, 0.15) is 12.2 Å². The van der Waals surface area contributed by atoms with E-state index < -0.39 is 0 Å². The van der Waals surface area contributed by atoms with Crippen LogP contribution in [-0.2, 0) is 13.2 Å². The maximum Gasteiger partial charge on any atom is 0.257 e. The van der Waals surface area contributed by atoms with E-state index in [1.165, 1.54) is 0 Å². The molecule has 0 saturated carbocycles. The minimum absolute atomic E-state index is 0.224. The molecule has 0 fully saturated rings. The number of aromatic nitrogens is 4. The van der Waals surface area contributed by atoms with Crippen molar-refractivity contribution in [3.05, 3.63) is 83.6 Å². The molecule has 0 aliphatic heterocycles. The van der Waals surface area contributed by atoms with E-state index in [1.807, 2.05) is 30.3 Å². The quantitative estimate of drug-likeness (QED) is 0.510. The highest BCUT2D eigenvalue weighted by molar-refractivity contribution is 6.00. The molecule has 152 valence electrons. The van der Waals surface area contributed by atoms with Crippen molar-refractivity contribution in [1.82, 2.24) is 24.9 Å². The lowest BCUT2D eigenvalue weighted by Gasteiger charge is -2.13. The van der Waals surface area contributed by atoms with E-state index in [9.17, 15) is 4.79 Å². The number of hydrogen-bond acceptors (Lipinski definition) is 6. The summed E-state index contributed by atoms with van der Waals surface area (Å²) < 4.78 is 12.9. The van der Waals surface area contributed by atoms with Crippen molar-refractivity contribution in [2.75, 3.05) is 7.11 Å². The molecule has 4 rings (SSSR count). The van der Waals surface area contributed by atoms with Gasteiger partial charge in [0.15, 0.2) is 17.1 Å². The fraction of sp³-hybridized carbons (Fsp3) is 0.182. The largest absolute Gasteiger partial charge is 0.493 e. The Morgan fingerprint density at radius 2 is 1.93 bits per heavy atom. The maximum absolute atomic E-state index is 12.7. The number of benzene rings is 1. The van der Waals surface area contributed by atoms with Gasteiger partial charge in [0.25, 0.3) is 5.91 Å². The molecule has 0 aliphatic rings. The second-order valence-corrected chi connectivity index (χ2v) is 6.66. The van der Waals surface area contributed by atoms with Gasteiger partial charge in [0, 0.05) is 31.3 Å². The number of aryl methyl sites for hydroxylation is 1. The van der Waals surface area contributed by atoms with Crippen molar-refractivity contribution in [3.63, 3.8) is 0 Å². The molecule has 0 bridgehead atoms. The lowest BCUT2D eigenvalue weighted by Crippen LogP contribution is -2.23. The van der Waals surface area contributed by atoms with E-state index in [0.29, 0.717) is 41.6 Å². The molecular weight excluding hydrogens is 382 g/mol. The zero-order valence-electron chi connectivity index (χ0n) is 16.7. The molecule has 0 spiro atoms. The minimum atomic E-state index is -0.224. The highest BCUT2D eigenvalue weighted by Crippen LogP contribution is 2.29. The Morgan fingerprint density at radius 3 is 2.73 bits per heavy atom. The Balaban J connectivity index is 1.44. The molecule has 8 heteroatoms. The first-order valence-electron chi connectivity index (χ1n) is 9.42. The Kier molecular flexibility index (Phi) is 5.56. The molecule has 8 nitrogen and oxygen atoms in total. The summed E-state index contributed by atoms with van der Waals surface area (Å²) in [5.41, 5.74) is 3.53. The van der Waals surface area contributed by atoms with Crippen LogP contribution < -0.4 is 14.8 Å². The van der Waals surface area contributed by atoms with Gasteiger partial charge in [-0.3, -0.25) is 9.78 Å². The topological polar surface area (TPSA) is 90.6 Å². The zero-order valence-corrected chi connectivity index (χ0v) is 16.7. The SMILES string of the molecule is COc1cc(CNC(=O)c2c(C)nn3cccnc23)ccc1OCc1ccncc1. The lowest BCUT2D eigenvalue weighted by atomic mass is 10.2. The molecule has 0 radical (unpaired) electrons. The highest BCUT2D eigenvalue weighted by atomic mass is 16.5. The molecule has 3 heterocycles. The highest BCUT2D eigenvalue weighted by Gasteiger charge is 2.18. The number of nitrogens with one attached hydrogen (secondary N) is 1. The number of fused-ring (bicyclic) bond motifs is 1. The Labute approximate surface area is 173 Å². The van der Waals surface area contributed by atoms with E-state index in [2.05, 4.69) is 20.4 Å². The third kappa shape index (κ3) is 4.07. The number of carbonyl (C=O) groups is 1. The van der Waals surface area contributed by atoms with Crippen LogP contribution in [0.2, 0.25) is 0 Å². The third-order valence-corrected chi connectivity index (χ3v) is 4.62. The zero-order chi connectivity index (χ0) is 20.9. The molecule has 30 heavy (non-hydrogen) atoms. The molecule has 0 saturated heterocycles. The minimum Gasteiger partial charge on any atom is -0.493 e. The van der Waals surface area contributed by atoms with Gasteiger partial charge in [0.2, 0.25) is 0 Å². The molecule has 3 aromatic heterocycles. The summed E-state index contributed by atoms with van der Waals surface area (Å²) in [4.78, 5) is 21.0. The normalized spacial score (nSPS) is 10.7. The second-order valence-electron chi connectivity index (χ2n) is 6.66. The van der Waals surface area contributed by atoms with Gasteiger partial charge < -0.3 is 14.8 Å². The van der Waals surface area contributed by atoms with Crippen molar-refractivity contribution in [1.29, 1.82) is 0 Å². The standard InChI is InChI=1S/C22H21N5O3/c1-15-20(21-24-8-3-11-27(21)26-15)22(28)25-13-17-4-5-18(19(12-17)29-2)30-14-16-6-9-23-10-7-16/h3-12H,13-14H2,1-2H3,(H,25,28). The van der Waals surface area contributed by atoms with Crippen LogP contribution >= 0.6 is 0 Å². The first-order chi connectivity index (χ1) is 14.7. The molecule has 0 aliphatic carbocycles. The average molecular weight is 403 g/mol. The van der Waals surface area contributed by atoms with Crippen molar-refractivity contribution >= 4 is 11.6 Å². The van der Waals surface area contributed by atoms with Crippen LogP contribution in [0.3, 0.4) is 0 Å². The Morgan fingerprint density at radius 1 is 1.10 bits per heavy atom. The van der Waals surface area contributed by atoms with Gasteiger partial charge in [-0.25, -0.2) is 9.50 Å². The number of ether oxygens (including phenoxy) is 2. The summed E-state index contributed by atoms with van der Waals surface area (Å²) >= 11 is 0. The van der Waals surface area contributed by atoms with Crippen LogP contribution in [0.5, 0.6) is 11.5 Å². The first-order valence-corrected chi connectivity index (χ1v) is 9.42. The predicted molar refractivity (Wildman–Crippen MR) is 110 cm³/mol. The number of methoxy groups -OCH3 is 1. The summed E-state index contributed by atoms with van der Waals surface area (Å²) in [6.45, 7) is 2.54. The smallest absolute Gasteiger partial charge is 0.257 e. The predicted octanol–water partition coefficient (Wildman–Crippen LogP) is 2.95. The Bertz CT molecular complexity index is 1170. The first kappa shape index (κ1) is 19.4. The summed E-state index contributed by atoms with van der Waals surface area (Å²) in [6, 6.07) is 11.1. The fourth-order valence-corrected chi connectivity index (χ4v) is 3.11. The molecule has 1 N–H and O–H groups in total. The fourth-order valence-electron chi connectivity index (χ4n) is 3.11. The molecule has 1 amide bonds. The Hall–Kier alpha value is -3.94. The van der Waals surface area contributed by atoms with Gasteiger partial charge in [-0.05, 0) is 48.4 Å². The maximum atomic E-state index is 12.7.